The second-order valence-electron chi connectivity index (χ2n) is 5.00. The topological polar surface area (TPSA) is 59.6 Å². The Morgan fingerprint density at radius 2 is 2.00 bits per heavy atom. The normalized spacial score (nSPS) is 16.6. The van der Waals surface area contributed by atoms with Crippen molar-refractivity contribution >= 4 is 33.0 Å². The SMILES string of the molecule is N#Cc1ccc(NC2CCCc3sc(Br)cc32)cc1C#N. The monoisotopic (exact) mass is 357 g/mol. The highest BCUT2D eigenvalue weighted by Crippen LogP contribution is 2.39. The Kier molecular flexibility index (Phi) is 3.96. The second kappa shape index (κ2) is 5.89. The molecule has 1 heterocycles. The van der Waals surface area contributed by atoms with Crippen molar-refractivity contribution < 1.29 is 0 Å². The number of anilines is 1. The zero-order valence-corrected chi connectivity index (χ0v) is 13.6. The number of nitriles is 2. The first-order chi connectivity index (χ1) is 10.2. The second-order valence-corrected chi connectivity index (χ2v) is 7.52. The van der Waals surface area contributed by atoms with Crippen LogP contribution in [0.1, 0.15) is 40.5 Å². The first kappa shape index (κ1) is 14.1. The van der Waals surface area contributed by atoms with Crippen molar-refractivity contribution in [3.05, 3.63) is 49.6 Å². The summed E-state index contributed by atoms with van der Waals surface area (Å²) in [5, 5.41) is 21.6. The van der Waals surface area contributed by atoms with Crippen molar-refractivity contribution in [3.8, 4) is 12.1 Å². The molecule has 0 saturated heterocycles. The molecule has 0 saturated carbocycles. The van der Waals surface area contributed by atoms with Crippen molar-refractivity contribution in [3.63, 3.8) is 0 Å². The van der Waals surface area contributed by atoms with Gasteiger partial charge in [0.1, 0.15) is 12.1 Å². The molecule has 0 bridgehead atoms. The van der Waals surface area contributed by atoms with Gasteiger partial charge in [-0.2, -0.15) is 10.5 Å². The lowest BCUT2D eigenvalue weighted by atomic mass is 9.93. The molecule has 2 aromatic rings. The van der Waals surface area contributed by atoms with Crippen LogP contribution in [-0.4, -0.2) is 0 Å². The highest BCUT2D eigenvalue weighted by Gasteiger charge is 2.22. The summed E-state index contributed by atoms with van der Waals surface area (Å²) in [6.07, 6.45) is 3.39. The predicted octanol–water partition coefficient (Wildman–Crippen LogP) is 4.74. The molecule has 3 nitrogen and oxygen atoms in total. The van der Waals surface area contributed by atoms with Crippen molar-refractivity contribution in [2.45, 2.75) is 25.3 Å². The lowest BCUT2D eigenvalue weighted by Gasteiger charge is -2.24. The lowest BCUT2D eigenvalue weighted by Crippen LogP contribution is -2.15. The van der Waals surface area contributed by atoms with Gasteiger partial charge >= 0.3 is 0 Å². The molecule has 0 spiro atoms. The molecule has 1 N–H and O–H groups in total. The van der Waals surface area contributed by atoms with E-state index in [1.807, 2.05) is 12.1 Å². The molecule has 5 heteroatoms. The number of hydrogen-bond acceptors (Lipinski definition) is 4. The predicted molar refractivity (Wildman–Crippen MR) is 87.2 cm³/mol. The largest absolute Gasteiger partial charge is 0.378 e. The van der Waals surface area contributed by atoms with Gasteiger partial charge in [-0.15, -0.1) is 11.3 Å². The molecule has 0 amide bonds. The van der Waals surface area contributed by atoms with Gasteiger partial charge in [0.15, 0.2) is 0 Å². The molecular weight excluding hydrogens is 346 g/mol. The summed E-state index contributed by atoms with van der Waals surface area (Å²) in [6, 6.07) is 11.9. The Morgan fingerprint density at radius 3 is 2.76 bits per heavy atom. The molecule has 21 heavy (non-hydrogen) atoms. The molecule has 1 aliphatic rings. The van der Waals surface area contributed by atoms with Gasteiger partial charge in [-0.3, -0.25) is 0 Å². The van der Waals surface area contributed by atoms with E-state index in [1.165, 1.54) is 20.6 Å². The van der Waals surface area contributed by atoms with Crippen LogP contribution in [-0.2, 0) is 6.42 Å². The minimum Gasteiger partial charge on any atom is -0.378 e. The Balaban J connectivity index is 1.88. The summed E-state index contributed by atoms with van der Waals surface area (Å²) in [4.78, 5) is 1.43. The number of nitrogens with one attached hydrogen (secondary N) is 1. The quantitative estimate of drug-likeness (QED) is 0.843. The van der Waals surface area contributed by atoms with Gasteiger partial charge in [0, 0.05) is 10.6 Å². The van der Waals surface area contributed by atoms with E-state index in [1.54, 1.807) is 23.5 Å². The zero-order valence-electron chi connectivity index (χ0n) is 11.2. The maximum atomic E-state index is 9.11. The fourth-order valence-corrected chi connectivity index (χ4v) is 4.52. The highest BCUT2D eigenvalue weighted by molar-refractivity contribution is 9.11. The summed E-state index contributed by atoms with van der Waals surface area (Å²) in [5.41, 5.74) is 3.09. The summed E-state index contributed by atoms with van der Waals surface area (Å²) in [5.74, 6) is 0. The number of halogens is 1. The van der Waals surface area contributed by atoms with E-state index in [-0.39, 0.29) is 6.04 Å². The standard InChI is InChI=1S/C16H12BrN3S/c17-16-7-13-14(2-1-3-15(13)21-16)20-12-5-4-10(8-18)11(6-12)9-19/h4-7,14,20H,1-3H2. The van der Waals surface area contributed by atoms with Gasteiger partial charge in [0.05, 0.1) is 21.0 Å². The van der Waals surface area contributed by atoms with Crippen LogP contribution in [0.4, 0.5) is 5.69 Å². The molecule has 104 valence electrons. The Hall–Kier alpha value is -1.82. The van der Waals surface area contributed by atoms with E-state index < -0.39 is 0 Å². The van der Waals surface area contributed by atoms with Crippen LogP contribution in [0.25, 0.3) is 0 Å². The molecule has 3 rings (SSSR count). The Morgan fingerprint density at radius 1 is 1.19 bits per heavy atom. The minimum absolute atomic E-state index is 0.274. The fourth-order valence-electron chi connectivity index (χ4n) is 2.70. The molecular formula is C16H12BrN3S. The third kappa shape index (κ3) is 2.81. The first-order valence-electron chi connectivity index (χ1n) is 6.70. The molecule has 1 atom stereocenters. The number of aryl methyl sites for hydroxylation is 1. The van der Waals surface area contributed by atoms with Crippen LogP contribution in [0, 0.1) is 22.7 Å². The van der Waals surface area contributed by atoms with E-state index in [0.29, 0.717) is 11.1 Å². The maximum Gasteiger partial charge on any atom is 0.101 e. The minimum atomic E-state index is 0.274. The van der Waals surface area contributed by atoms with Crippen molar-refractivity contribution in [1.82, 2.24) is 0 Å². The fraction of sp³-hybridized carbons (Fsp3) is 0.250. The van der Waals surface area contributed by atoms with E-state index in [2.05, 4.69) is 33.4 Å². The molecule has 1 aromatic heterocycles. The number of thiophene rings is 1. The van der Waals surface area contributed by atoms with Crippen LogP contribution in [0.3, 0.4) is 0 Å². The third-order valence-electron chi connectivity index (χ3n) is 3.69. The van der Waals surface area contributed by atoms with Crippen LogP contribution in [0.15, 0.2) is 28.1 Å². The number of hydrogen-bond donors (Lipinski definition) is 1. The zero-order chi connectivity index (χ0) is 14.8. The molecule has 0 aliphatic heterocycles. The lowest BCUT2D eigenvalue weighted by molar-refractivity contribution is 0.609. The number of rotatable bonds is 2. The van der Waals surface area contributed by atoms with Crippen LogP contribution in [0.2, 0.25) is 0 Å². The molecule has 1 unspecified atom stereocenters. The van der Waals surface area contributed by atoms with Gasteiger partial charge in [0.2, 0.25) is 0 Å². The Labute approximate surface area is 136 Å². The smallest absolute Gasteiger partial charge is 0.101 e. The van der Waals surface area contributed by atoms with Crippen molar-refractivity contribution in [1.29, 1.82) is 10.5 Å². The first-order valence-corrected chi connectivity index (χ1v) is 8.31. The Bertz CT molecular complexity index is 767. The molecule has 1 aliphatic carbocycles. The summed E-state index contributed by atoms with van der Waals surface area (Å²) < 4.78 is 1.17. The molecule has 0 fully saturated rings. The third-order valence-corrected chi connectivity index (χ3v) is 5.40. The number of fused-ring (bicyclic) bond motifs is 1. The van der Waals surface area contributed by atoms with Gasteiger partial charge < -0.3 is 5.32 Å². The average molecular weight is 358 g/mol. The van der Waals surface area contributed by atoms with Gasteiger partial charge in [0.25, 0.3) is 0 Å². The van der Waals surface area contributed by atoms with Gasteiger partial charge in [-0.25, -0.2) is 0 Å². The molecule has 0 radical (unpaired) electrons. The molecule has 1 aromatic carbocycles. The number of nitrogens with zero attached hydrogens (tertiary/aromatic N) is 2. The average Bonchev–Trinajstić information content (AvgIpc) is 2.88. The van der Waals surface area contributed by atoms with Crippen LogP contribution < -0.4 is 5.32 Å². The van der Waals surface area contributed by atoms with Crippen molar-refractivity contribution in [2.75, 3.05) is 5.32 Å². The number of benzene rings is 1. The van der Waals surface area contributed by atoms with Gasteiger partial charge in [-0.05, 0) is 65.0 Å². The van der Waals surface area contributed by atoms with Crippen LogP contribution in [0.5, 0.6) is 0 Å². The van der Waals surface area contributed by atoms with E-state index >= 15 is 0 Å². The van der Waals surface area contributed by atoms with Gasteiger partial charge in [-0.1, -0.05) is 0 Å². The van der Waals surface area contributed by atoms with E-state index in [9.17, 15) is 0 Å². The summed E-state index contributed by atoms with van der Waals surface area (Å²) in [6.45, 7) is 0. The van der Waals surface area contributed by atoms with Crippen molar-refractivity contribution in [2.24, 2.45) is 0 Å². The van der Waals surface area contributed by atoms with E-state index in [4.69, 9.17) is 10.5 Å². The van der Waals surface area contributed by atoms with Crippen LogP contribution >= 0.6 is 27.3 Å². The summed E-state index contributed by atoms with van der Waals surface area (Å²) in [7, 11) is 0. The maximum absolute atomic E-state index is 9.11. The highest BCUT2D eigenvalue weighted by atomic mass is 79.9. The summed E-state index contributed by atoms with van der Waals surface area (Å²) >= 11 is 5.36. The van der Waals surface area contributed by atoms with E-state index in [0.717, 1.165) is 18.5 Å².